The van der Waals surface area contributed by atoms with Crippen LogP contribution in [0.15, 0.2) is 53.4 Å². The number of thiocarbonyl (C=S) groups is 1. The molecule has 1 heterocycles. The predicted molar refractivity (Wildman–Crippen MR) is 117 cm³/mol. The van der Waals surface area contributed by atoms with Crippen LogP contribution in [0.1, 0.15) is 5.56 Å². The first-order valence-electron chi connectivity index (χ1n) is 8.22. The van der Waals surface area contributed by atoms with Crippen molar-refractivity contribution in [3.63, 3.8) is 0 Å². The second kappa shape index (κ2) is 8.30. The minimum atomic E-state index is -0.144. The lowest BCUT2D eigenvalue weighted by molar-refractivity contribution is -0.113. The Morgan fingerprint density at radius 3 is 2.59 bits per heavy atom. The van der Waals surface area contributed by atoms with Gasteiger partial charge in [0.2, 0.25) is 0 Å². The van der Waals surface area contributed by atoms with Gasteiger partial charge in [-0.05, 0) is 36.4 Å². The molecule has 1 aliphatic heterocycles. The standard InChI is InChI=1S/C21H18N2O2S2/c1-4-13-25-18-8-6-5-7-15(18)14-19-20(24)23(21(26)27-19)17-11-9-16(10-12-17)22(2)3/h1,5-12,14H,13H2,2-3H3/b19-14+. The number of hydrogen-bond acceptors (Lipinski definition) is 5. The van der Waals surface area contributed by atoms with E-state index in [0.29, 0.717) is 15.0 Å². The number of amides is 1. The summed E-state index contributed by atoms with van der Waals surface area (Å²) in [5.41, 5.74) is 2.60. The topological polar surface area (TPSA) is 32.8 Å². The number of anilines is 2. The third-order valence-electron chi connectivity index (χ3n) is 3.93. The second-order valence-corrected chi connectivity index (χ2v) is 7.63. The first-order chi connectivity index (χ1) is 13.0. The van der Waals surface area contributed by atoms with Crippen LogP contribution in [-0.4, -0.2) is 30.9 Å². The van der Waals surface area contributed by atoms with E-state index in [1.165, 1.54) is 11.8 Å². The van der Waals surface area contributed by atoms with Gasteiger partial charge in [0, 0.05) is 25.3 Å². The maximum atomic E-state index is 12.9. The molecule has 3 rings (SSSR count). The summed E-state index contributed by atoms with van der Waals surface area (Å²) >= 11 is 6.72. The van der Waals surface area contributed by atoms with Crippen molar-refractivity contribution >= 4 is 51.7 Å². The number of carbonyl (C=O) groups excluding carboxylic acids is 1. The maximum Gasteiger partial charge on any atom is 0.270 e. The van der Waals surface area contributed by atoms with E-state index < -0.39 is 0 Å². The zero-order valence-corrected chi connectivity index (χ0v) is 16.6. The molecule has 0 aliphatic carbocycles. The molecule has 0 aromatic heterocycles. The minimum Gasteiger partial charge on any atom is -0.480 e. The van der Waals surface area contributed by atoms with E-state index in [2.05, 4.69) is 5.92 Å². The van der Waals surface area contributed by atoms with Crippen molar-refractivity contribution < 1.29 is 9.53 Å². The fourth-order valence-corrected chi connectivity index (χ4v) is 3.87. The Labute approximate surface area is 168 Å². The van der Waals surface area contributed by atoms with Gasteiger partial charge in [0.15, 0.2) is 4.32 Å². The highest BCUT2D eigenvalue weighted by Gasteiger charge is 2.33. The number of para-hydroxylation sites is 1. The van der Waals surface area contributed by atoms with Crippen LogP contribution < -0.4 is 14.5 Å². The van der Waals surface area contributed by atoms with Crippen LogP contribution in [0.25, 0.3) is 6.08 Å². The van der Waals surface area contributed by atoms with Crippen molar-refractivity contribution in [1.82, 2.24) is 0 Å². The number of rotatable bonds is 5. The Kier molecular flexibility index (Phi) is 5.84. The van der Waals surface area contributed by atoms with Gasteiger partial charge >= 0.3 is 0 Å². The van der Waals surface area contributed by atoms with Crippen LogP contribution in [-0.2, 0) is 4.79 Å². The third-order valence-corrected chi connectivity index (χ3v) is 5.24. The van der Waals surface area contributed by atoms with Crippen LogP contribution in [0.5, 0.6) is 5.75 Å². The lowest BCUT2D eigenvalue weighted by Gasteiger charge is -2.17. The molecule has 0 unspecified atom stereocenters. The van der Waals surface area contributed by atoms with E-state index in [0.717, 1.165) is 16.9 Å². The van der Waals surface area contributed by atoms with Crippen LogP contribution in [0.2, 0.25) is 0 Å². The highest BCUT2D eigenvalue weighted by Crippen LogP contribution is 2.37. The number of ether oxygens (including phenoxy) is 1. The Morgan fingerprint density at radius 1 is 1.22 bits per heavy atom. The minimum absolute atomic E-state index is 0.144. The first kappa shape index (κ1) is 19.0. The summed E-state index contributed by atoms with van der Waals surface area (Å²) in [6, 6.07) is 15.2. The quantitative estimate of drug-likeness (QED) is 0.432. The van der Waals surface area contributed by atoms with Gasteiger partial charge < -0.3 is 9.64 Å². The number of nitrogens with zero attached hydrogens (tertiary/aromatic N) is 2. The smallest absolute Gasteiger partial charge is 0.270 e. The molecule has 2 aromatic carbocycles. The number of terminal acetylenes is 1. The zero-order chi connectivity index (χ0) is 19.4. The molecule has 2 aromatic rings. The molecular weight excluding hydrogens is 376 g/mol. The molecule has 6 heteroatoms. The Hall–Kier alpha value is -2.75. The van der Waals surface area contributed by atoms with Crippen molar-refractivity contribution in [3.05, 3.63) is 59.0 Å². The van der Waals surface area contributed by atoms with E-state index in [1.54, 1.807) is 11.0 Å². The molecule has 0 N–H and O–H groups in total. The highest BCUT2D eigenvalue weighted by molar-refractivity contribution is 8.27. The van der Waals surface area contributed by atoms with Gasteiger partial charge in [0.25, 0.3) is 5.91 Å². The number of hydrogen-bond donors (Lipinski definition) is 0. The van der Waals surface area contributed by atoms with Crippen LogP contribution in [0.3, 0.4) is 0 Å². The van der Waals surface area contributed by atoms with Crippen molar-refractivity contribution in [1.29, 1.82) is 0 Å². The van der Waals surface area contributed by atoms with Gasteiger partial charge in [-0.15, -0.1) is 6.42 Å². The van der Waals surface area contributed by atoms with Gasteiger partial charge in [-0.25, -0.2) is 0 Å². The van der Waals surface area contributed by atoms with E-state index in [9.17, 15) is 4.79 Å². The lowest BCUT2D eigenvalue weighted by atomic mass is 10.2. The summed E-state index contributed by atoms with van der Waals surface area (Å²) in [4.78, 5) is 17.0. The molecule has 0 bridgehead atoms. The molecule has 0 radical (unpaired) electrons. The maximum absolute atomic E-state index is 12.9. The van der Waals surface area contributed by atoms with Crippen molar-refractivity contribution in [3.8, 4) is 18.1 Å². The van der Waals surface area contributed by atoms with Gasteiger partial charge in [-0.3, -0.25) is 9.69 Å². The van der Waals surface area contributed by atoms with Gasteiger partial charge in [-0.1, -0.05) is 48.1 Å². The van der Waals surface area contributed by atoms with Crippen LogP contribution in [0, 0.1) is 12.3 Å². The van der Waals surface area contributed by atoms with Crippen molar-refractivity contribution in [2.45, 2.75) is 0 Å². The van der Waals surface area contributed by atoms with Gasteiger partial charge in [0.1, 0.15) is 12.4 Å². The first-order valence-corrected chi connectivity index (χ1v) is 9.44. The van der Waals surface area contributed by atoms with Crippen LogP contribution in [0.4, 0.5) is 11.4 Å². The molecule has 27 heavy (non-hydrogen) atoms. The summed E-state index contributed by atoms with van der Waals surface area (Å²) in [5, 5.41) is 0. The van der Waals surface area contributed by atoms with Crippen LogP contribution >= 0.6 is 24.0 Å². The van der Waals surface area contributed by atoms with Crippen molar-refractivity contribution in [2.24, 2.45) is 0 Å². The fraction of sp³-hybridized carbons (Fsp3) is 0.143. The fourth-order valence-electron chi connectivity index (χ4n) is 2.58. The van der Waals surface area contributed by atoms with Gasteiger partial charge in [-0.2, -0.15) is 0 Å². The summed E-state index contributed by atoms with van der Waals surface area (Å²) in [6.45, 7) is 0.171. The van der Waals surface area contributed by atoms with Gasteiger partial charge in [0.05, 0.1) is 10.6 Å². The third kappa shape index (κ3) is 4.16. The van der Waals surface area contributed by atoms with E-state index >= 15 is 0 Å². The molecule has 1 aliphatic rings. The molecule has 0 spiro atoms. The molecule has 1 amide bonds. The molecule has 136 valence electrons. The van der Waals surface area contributed by atoms with Crippen molar-refractivity contribution in [2.75, 3.05) is 30.5 Å². The molecule has 1 fully saturated rings. The molecular formula is C21H18N2O2S2. The normalized spacial score (nSPS) is 15.1. The SMILES string of the molecule is C#CCOc1ccccc1/C=C1/SC(=S)N(c2ccc(N(C)C)cc2)C1=O. The average molecular weight is 395 g/mol. The number of benzene rings is 2. The van der Waals surface area contributed by atoms with E-state index in [4.69, 9.17) is 23.4 Å². The molecule has 4 nitrogen and oxygen atoms in total. The number of carbonyl (C=O) groups is 1. The largest absolute Gasteiger partial charge is 0.480 e. The molecule has 1 saturated heterocycles. The monoisotopic (exact) mass is 394 g/mol. The average Bonchev–Trinajstić information content (AvgIpc) is 2.94. The van der Waals surface area contributed by atoms with E-state index in [-0.39, 0.29) is 12.5 Å². The Bertz CT molecular complexity index is 943. The Morgan fingerprint density at radius 2 is 1.93 bits per heavy atom. The summed E-state index contributed by atoms with van der Waals surface area (Å²) < 4.78 is 6.06. The summed E-state index contributed by atoms with van der Waals surface area (Å²) in [5.74, 6) is 2.94. The second-order valence-electron chi connectivity index (χ2n) is 5.96. The lowest BCUT2D eigenvalue weighted by Crippen LogP contribution is -2.27. The van der Waals surface area contributed by atoms with E-state index in [1.807, 2.05) is 67.5 Å². The predicted octanol–water partition coefficient (Wildman–Crippen LogP) is 4.17. The number of thioether (sulfide) groups is 1. The molecule has 0 atom stereocenters. The zero-order valence-electron chi connectivity index (χ0n) is 15.0. The summed E-state index contributed by atoms with van der Waals surface area (Å²) in [7, 11) is 3.94. The summed E-state index contributed by atoms with van der Waals surface area (Å²) in [6.07, 6.45) is 7.06. The molecule has 0 saturated carbocycles. The Balaban J connectivity index is 1.88. The highest BCUT2D eigenvalue weighted by atomic mass is 32.2.